The van der Waals surface area contributed by atoms with Gasteiger partial charge in [0.15, 0.2) is 0 Å². The fourth-order valence-corrected chi connectivity index (χ4v) is 6.04. The molecule has 3 aromatic carbocycles. The van der Waals surface area contributed by atoms with Crippen LogP contribution < -0.4 is 4.90 Å². The van der Waals surface area contributed by atoms with E-state index in [1.54, 1.807) is 0 Å². The average Bonchev–Trinajstić information content (AvgIpc) is 3.27. The van der Waals surface area contributed by atoms with E-state index in [2.05, 4.69) is 62.5 Å². The molecule has 200 valence electrons. The fourth-order valence-electron chi connectivity index (χ4n) is 5.92. The highest BCUT2D eigenvalue weighted by Crippen LogP contribution is 2.32. The molecule has 7 nitrogen and oxygen atoms in total. The number of halogens is 1. The summed E-state index contributed by atoms with van der Waals surface area (Å²) in [6.07, 6.45) is 1.18. The molecular weight excluding hydrogens is 508 g/mol. The summed E-state index contributed by atoms with van der Waals surface area (Å²) in [5.41, 5.74) is 4.48. The van der Waals surface area contributed by atoms with Crippen molar-refractivity contribution in [3.63, 3.8) is 0 Å². The van der Waals surface area contributed by atoms with Gasteiger partial charge in [0, 0.05) is 37.7 Å². The van der Waals surface area contributed by atoms with Gasteiger partial charge in [0.2, 0.25) is 5.91 Å². The molecule has 0 N–H and O–H groups in total. The molecule has 0 spiro atoms. The summed E-state index contributed by atoms with van der Waals surface area (Å²) in [5, 5.41) is 9.24. The molecule has 1 saturated heterocycles. The minimum absolute atomic E-state index is 0.0760. The van der Waals surface area contributed by atoms with Gasteiger partial charge in [-0.25, -0.2) is 0 Å². The number of fused-ring (bicyclic) bond motifs is 3. The lowest BCUT2D eigenvalue weighted by Gasteiger charge is -2.40. The van der Waals surface area contributed by atoms with Crippen LogP contribution in [0.2, 0.25) is 5.02 Å². The highest BCUT2D eigenvalue weighted by atomic mass is 35.5. The largest absolute Gasteiger partial charge is 0.310 e. The number of benzene rings is 3. The summed E-state index contributed by atoms with van der Waals surface area (Å²) in [6, 6.07) is 27.3. The molecule has 8 heteroatoms. The summed E-state index contributed by atoms with van der Waals surface area (Å²) in [4.78, 5) is 20.3. The second kappa shape index (κ2) is 11.3. The zero-order valence-electron chi connectivity index (χ0n) is 22.2. The SMILES string of the molecule is Cc1nnc2n1-c1ccccc1N(CCCN1CCN(C(c3ccccc3)c3ccc(Cl)cc3)CC1)C(=O)C2. The minimum atomic E-state index is 0.0760. The zero-order chi connectivity index (χ0) is 26.8. The van der Waals surface area contributed by atoms with Crippen molar-refractivity contribution in [2.24, 2.45) is 0 Å². The van der Waals surface area contributed by atoms with Crippen LogP contribution in [0.15, 0.2) is 78.9 Å². The Morgan fingerprint density at radius 1 is 0.795 bits per heavy atom. The molecule has 1 fully saturated rings. The third-order valence-corrected chi connectivity index (χ3v) is 8.10. The number of hydrogen-bond acceptors (Lipinski definition) is 5. The normalized spacial score (nSPS) is 17.0. The van der Waals surface area contributed by atoms with Crippen LogP contribution in [0.3, 0.4) is 0 Å². The molecule has 1 atom stereocenters. The Morgan fingerprint density at radius 3 is 2.21 bits per heavy atom. The fraction of sp³-hybridized carbons (Fsp3) is 0.323. The van der Waals surface area contributed by atoms with E-state index >= 15 is 0 Å². The molecule has 1 aromatic heterocycles. The Kier molecular flexibility index (Phi) is 7.46. The number of rotatable bonds is 7. The predicted octanol–water partition coefficient (Wildman–Crippen LogP) is 4.92. The quantitative estimate of drug-likeness (QED) is 0.333. The highest BCUT2D eigenvalue weighted by molar-refractivity contribution is 6.30. The van der Waals surface area contributed by atoms with E-state index in [1.807, 2.05) is 52.8 Å². The van der Waals surface area contributed by atoms with Gasteiger partial charge in [0.05, 0.1) is 23.8 Å². The number of nitrogens with zero attached hydrogens (tertiary/aromatic N) is 6. The van der Waals surface area contributed by atoms with Gasteiger partial charge in [-0.1, -0.05) is 66.2 Å². The van der Waals surface area contributed by atoms with Crippen molar-refractivity contribution in [1.82, 2.24) is 24.6 Å². The molecule has 0 saturated carbocycles. The van der Waals surface area contributed by atoms with Gasteiger partial charge in [-0.15, -0.1) is 10.2 Å². The molecule has 2 aliphatic heterocycles. The maximum atomic E-state index is 13.3. The summed E-state index contributed by atoms with van der Waals surface area (Å²) in [6.45, 7) is 7.56. The van der Waals surface area contributed by atoms with E-state index in [9.17, 15) is 4.79 Å². The van der Waals surface area contributed by atoms with Gasteiger partial charge < -0.3 is 9.80 Å². The van der Waals surface area contributed by atoms with Crippen LogP contribution in [0, 0.1) is 6.92 Å². The van der Waals surface area contributed by atoms with Crippen LogP contribution in [0.4, 0.5) is 5.69 Å². The number of carbonyl (C=O) groups excluding carboxylic acids is 1. The Balaban J connectivity index is 1.10. The zero-order valence-corrected chi connectivity index (χ0v) is 23.0. The second-order valence-corrected chi connectivity index (χ2v) is 10.7. The van der Waals surface area contributed by atoms with Crippen molar-refractivity contribution >= 4 is 23.2 Å². The van der Waals surface area contributed by atoms with Gasteiger partial charge in [0.25, 0.3) is 0 Å². The van der Waals surface area contributed by atoms with E-state index in [4.69, 9.17) is 11.6 Å². The Bertz CT molecular complexity index is 1430. The third kappa shape index (κ3) is 5.35. The lowest BCUT2D eigenvalue weighted by Crippen LogP contribution is -2.48. The van der Waals surface area contributed by atoms with E-state index < -0.39 is 0 Å². The van der Waals surface area contributed by atoms with Gasteiger partial charge in [-0.2, -0.15) is 0 Å². The Hall–Kier alpha value is -3.52. The maximum absolute atomic E-state index is 13.3. The topological polar surface area (TPSA) is 57.5 Å². The van der Waals surface area contributed by atoms with Crippen molar-refractivity contribution in [2.45, 2.75) is 25.8 Å². The number of aromatic nitrogens is 3. The van der Waals surface area contributed by atoms with Crippen molar-refractivity contribution in [3.05, 3.63) is 107 Å². The highest BCUT2D eigenvalue weighted by Gasteiger charge is 2.29. The second-order valence-electron chi connectivity index (χ2n) is 10.3. The van der Waals surface area contributed by atoms with Crippen LogP contribution in [0.25, 0.3) is 5.69 Å². The first-order valence-corrected chi connectivity index (χ1v) is 14.0. The molecule has 1 amide bonds. The summed E-state index contributed by atoms with van der Waals surface area (Å²) >= 11 is 6.19. The van der Waals surface area contributed by atoms with E-state index in [-0.39, 0.29) is 18.4 Å². The first-order valence-electron chi connectivity index (χ1n) is 13.7. The molecule has 0 bridgehead atoms. The van der Waals surface area contributed by atoms with Gasteiger partial charge >= 0.3 is 0 Å². The van der Waals surface area contributed by atoms with Crippen LogP contribution in [-0.4, -0.2) is 69.7 Å². The summed E-state index contributed by atoms with van der Waals surface area (Å²) < 4.78 is 2.01. The number of para-hydroxylation sites is 2. The van der Waals surface area contributed by atoms with Crippen molar-refractivity contribution in [1.29, 1.82) is 0 Å². The molecule has 3 heterocycles. The molecule has 1 unspecified atom stereocenters. The maximum Gasteiger partial charge on any atom is 0.234 e. The van der Waals surface area contributed by atoms with Crippen LogP contribution >= 0.6 is 11.6 Å². The molecule has 4 aromatic rings. The first-order chi connectivity index (χ1) is 19.1. The molecule has 0 aliphatic carbocycles. The molecular formula is C31H33ClN6O. The molecule has 2 aliphatic rings. The number of hydrogen-bond donors (Lipinski definition) is 0. The predicted molar refractivity (Wildman–Crippen MR) is 155 cm³/mol. The Morgan fingerprint density at radius 2 is 1.46 bits per heavy atom. The van der Waals surface area contributed by atoms with E-state index in [0.717, 1.165) is 61.4 Å². The van der Waals surface area contributed by atoms with Crippen molar-refractivity contribution in [3.8, 4) is 5.69 Å². The molecule has 6 rings (SSSR count). The summed E-state index contributed by atoms with van der Waals surface area (Å²) in [5.74, 6) is 1.58. The number of amides is 1. The number of aryl methyl sites for hydroxylation is 1. The lowest BCUT2D eigenvalue weighted by molar-refractivity contribution is -0.118. The monoisotopic (exact) mass is 540 g/mol. The summed E-state index contributed by atoms with van der Waals surface area (Å²) in [7, 11) is 0. The van der Waals surface area contributed by atoms with Crippen LogP contribution in [-0.2, 0) is 11.2 Å². The van der Waals surface area contributed by atoms with Crippen molar-refractivity contribution < 1.29 is 4.79 Å². The minimum Gasteiger partial charge on any atom is -0.310 e. The van der Waals surface area contributed by atoms with Crippen LogP contribution in [0.1, 0.15) is 35.2 Å². The molecule has 0 radical (unpaired) electrons. The Labute approximate surface area is 234 Å². The standard InChI is InChI=1S/C31H33ClN6O/c1-23-33-34-29-22-30(39)37(27-10-5-6-11-28(27)38(23)29)17-7-16-35-18-20-36(21-19-35)31(24-8-3-2-4-9-24)25-12-14-26(32)15-13-25/h2-6,8-15,31H,7,16-22H2,1H3. The van der Waals surface area contributed by atoms with Crippen molar-refractivity contribution in [2.75, 3.05) is 44.2 Å². The van der Waals surface area contributed by atoms with E-state index in [0.29, 0.717) is 12.4 Å². The number of anilines is 1. The van der Waals surface area contributed by atoms with Crippen LogP contribution in [0.5, 0.6) is 0 Å². The number of carbonyl (C=O) groups is 1. The smallest absolute Gasteiger partial charge is 0.234 e. The average molecular weight is 541 g/mol. The van der Waals surface area contributed by atoms with Gasteiger partial charge in [-0.3, -0.25) is 14.3 Å². The number of piperazine rings is 1. The third-order valence-electron chi connectivity index (χ3n) is 7.84. The van der Waals surface area contributed by atoms with E-state index in [1.165, 1.54) is 11.1 Å². The van der Waals surface area contributed by atoms with Gasteiger partial charge in [0.1, 0.15) is 11.6 Å². The molecule has 39 heavy (non-hydrogen) atoms. The van der Waals surface area contributed by atoms with Gasteiger partial charge in [-0.05, 0) is 55.3 Å². The first kappa shape index (κ1) is 25.7. The lowest BCUT2D eigenvalue weighted by atomic mass is 9.96.